The van der Waals surface area contributed by atoms with Crippen molar-refractivity contribution in [1.82, 2.24) is 24.7 Å². The summed E-state index contributed by atoms with van der Waals surface area (Å²) in [6.07, 6.45) is 7.97. The Bertz CT molecular complexity index is 1280. The lowest BCUT2D eigenvalue weighted by atomic mass is 9.96. The number of pyridine rings is 1. The molecular formula is C22H20F2N6O2. The van der Waals surface area contributed by atoms with E-state index in [2.05, 4.69) is 29.5 Å². The lowest BCUT2D eigenvalue weighted by Gasteiger charge is -2.21. The van der Waals surface area contributed by atoms with Crippen molar-refractivity contribution in [3.8, 4) is 34.0 Å². The highest BCUT2D eigenvalue weighted by Gasteiger charge is 2.43. The molecule has 6 rings (SSSR count). The van der Waals surface area contributed by atoms with Crippen molar-refractivity contribution in [3.05, 3.63) is 36.8 Å². The van der Waals surface area contributed by atoms with Crippen LogP contribution in [0, 0.1) is 0 Å². The Morgan fingerprint density at radius 2 is 1.81 bits per heavy atom. The normalized spacial score (nSPS) is 17.8. The molecule has 10 heteroatoms. The van der Waals surface area contributed by atoms with Gasteiger partial charge in [-0.15, -0.1) is 8.78 Å². The van der Waals surface area contributed by atoms with Crippen molar-refractivity contribution < 1.29 is 18.3 Å². The van der Waals surface area contributed by atoms with Crippen LogP contribution in [0.2, 0.25) is 0 Å². The van der Waals surface area contributed by atoms with Crippen LogP contribution in [-0.2, 0) is 0 Å². The molecule has 1 aliphatic heterocycles. The molecular weight excluding hydrogens is 418 g/mol. The maximum atomic E-state index is 13.3. The zero-order valence-electron chi connectivity index (χ0n) is 17.0. The molecule has 3 aromatic heterocycles. The second-order valence-corrected chi connectivity index (χ2v) is 8.23. The first-order valence-corrected chi connectivity index (χ1v) is 10.6. The van der Waals surface area contributed by atoms with Gasteiger partial charge in [0.25, 0.3) is 0 Å². The number of rotatable bonds is 3. The van der Waals surface area contributed by atoms with Gasteiger partial charge in [-0.1, -0.05) is 19.3 Å². The number of alkyl halides is 2. The van der Waals surface area contributed by atoms with Gasteiger partial charge in [0.1, 0.15) is 11.6 Å². The van der Waals surface area contributed by atoms with Gasteiger partial charge < -0.3 is 20.2 Å². The van der Waals surface area contributed by atoms with Crippen molar-refractivity contribution in [1.29, 1.82) is 0 Å². The van der Waals surface area contributed by atoms with Gasteiger partial charge in [0.15, 0.2) is 11.5 Å². The molecule has 164 valence electrons. The topological polar surface area (TPSA) is 104 Å². The number of aromatic nitrogens is 5. The number of hydrogen-bond acceptors (Lipinski definition) is 6. The number of anilines is 1. The lowest BCUT2D eigenvalue weighted by molar-refractivity contribution is -0.286. The fourth-order valence-corrected chi connectivity index (χ4v) is 4.44. The number of nitrogen functional groups attached to an aromatic ring is 1. The van der Waals surface area contributed by atoms with Gasteiger partial charge in [-0.25, -0.2) is 9.97 Å². The standard InChI is InChI=1S/C22H20F2N6O2/c23-22(24)31-18-7-16-17(8-19(18)32-22)29-21(28-16)15-6-12(9-26-20(15)25)13-10-27-30(11-13)14-4-2-1-3-5-14/h6-11,14H,1-5H2,(H2,25,26)(H,28,29). The summed E-state index contributed by atoms with van der Waals surface area (Å²) >= 11 is 0. The zero-order chi connectivity index (χ0) is 21.9. The van der Waals surface area contributed by atoms with Crippen LogP contribution in [-0.4, -0.2) is 31.0 Å². The third-order valence-electron chi connectivity index (χ3n) is 6.06. The monoisotopic (exact) mass is 438 g/mol. The molecule has 0 radical (unpaired) electrons. The largest absolute Gasteiger partial charge is 0.586 e. The first kappa shape index (κ1) is 19.0. The molecule has 1 aromatic carbocycles. The lowest BCUT2D eigenvalue weighted by Crippen LogP contribution is -2.25. The van der Waals surface area contributed by atoms with E-state index in [0.717, 1.165) is 24.0 Å². The highest BCUT2D eigenvalue weighted by molar-refractivity contribution is 5.85. The summed E-state index contributed by atoms with van der Waals surface area (Å²) in [6, 6.07) is 5.18. The fraction of sp³-hybridized carbons (Fsp3) is 0.318. The van der Waals surface area contributed by atoms with Crippen molar-refractivity contribution in [2.45, 2.75) is 44.4 Å². The van der Waals surface area contributed by atoms with E-state index in [1.165, 1.54) is 31.4 Å². The summed E-state index contributed by atoms with van der Waals surface area (Å²) in [4.78, 5) is 12.0. The van der Waals surface area contributed by atoms with E-state index in [1.54, 1.807) is 6.20 Å². The maximum absolute atomic E-state index is 13.3. The molecule has 0 atom stereocenters. The number of aromatic amines is 1. The average molecular weight is 438 g/mol. The van der Waals surface area contributed by atoms with Crippen LogP contribution in [0.3, 0.4) is 0 Å². The Hall–Kier alpha value is -3.69. The molecule has 1 saturated carbocycles. The Morgan fingerprint density at radius 1 is 1.03 bits per heavy atom. The molecule has 4 aromatic rings. The van der Waals surface area contributed by atoms with Crippen LogP contribution < -0.4 is 15.2 Å². The fourth-order valence-electron chi connectivity index (χ4n) is 4.44. The smallest absolute Gasteiger partial charge is 0.395 e. The quantitative estimate of drug-likeness (QED) is 0.472. The minimum absolute atomic E-state index is 0.0484. The Balaban J connectivity index is 1.34. The predicted molar refractivity (Wildman–Crippen MR) is 113 cm³/mol. The van der Waals surface area contributed by atoms with Crippen LogP contribution >= 0.6 is 0 Å². The number of ether oxygens (including phenoxy) is 2. The maximum Gasteiger partial charge on any atom is 0.586 e. The first-order valence-electron chi connectivity index (χ1n) is 10.6. The van der Waals surface area contributed by atoms with E-state index in [9.17, 15) is 8.78 Å². The van der Waals surface area contributed by atoms with Crippen molar-refractivity contribution in [3.63, 3.8) is 0 Å². The van der Waals surface area contributed by atoms with Gasteiger partial charge in [0.2, 0.25) is 0 Å². The van der Waals surface area contributed by atoms with Crippen LogP contribution in [0.4, 0.5) is 14.6 Å². The third kappa shape index (κ3) is 3.22. The average Bonchev–Trinajstić information content (AvgIpc) is 3.48. The molecule has 32 heavy (non-hydrogen) atoms. The summed E-state index contributed by atoms with van der Waals surface area (Å²) in [5, 5.41) is 4.57. The Morgan fingerprint density at radius 3 is 2.62 bits per heavy atom. The molecule has 2 aliphatic rings. The van der Waals surface area contributed by atoms with Gasteiger partial charge >= 0.3 is 6.29 Å². The number of imidazole rings is 1. The molecule has 1 fully saturated rings. The van der Waals surface area contributed by atoms with Crippen molar-refractivity contribution in [2.24, 2.45) is 0 Å². The molecule has 8 nitrogen and oxygen atoms in total. The number of nitrogens with zero attached hydrogens (tertiary/aromatic N) is 4. The summed E-state index contributed by atoms with van der Waals surface area (Å²) in [7, 11) is 0. The minimum atomic E-state index is -3.67. The van der Waals surface area contributed by atoms with Crippen molar-refractivity contribution in [2.75, 3.05) is 5.73 Å². The minimum Gasteiger partial charge on any atom is -0.395 e. The SMILES string of the molecule is Nc1ncc(-c2cnn(C3CCCCC3)c2)cc1-c1nc2cc3c(cc2[nH]1)OC(F)(F)O3. The Kier molecular flexibility index (Phi) is 4.11. The first-order chi connectivity index (χ1) is 15.4. The van der Waals surface area contributed by atoms with Gasteiger partial charge in [0.05, 0.1) is 28.8 Å². The molecule has 0 bridgehead atoms. The van der Waals surface area contributed by atoms with E-state index in [-0.39, 0.29) is 11.5 Å². The van der Waals surface area contributed by atoms with E-state index >= 15 is 0 Å². The van der Waals surface area contributed by atoms with Crippen LogP contribution in [0.15, 0.2) is 36.8 Å². The van der Waals surface area contributed by atoms with Gasteiger partial charge in [-0.05, 0) is 18.9 Å². The molecule has 1 aliphatic carbocycles. The van der Waals surface area contributed by atoms with Crippen LogP contribution in [0.5, 0.6) is 11.5 Å². The van der Waals surface area contributed by atoms with E-state index in [4.69, 9.17) is 5.73 Å². The number of H-pyrrole nitrogens is 1. The van der Waals surface area contributed by atoms with E-state index in [1.807, 2.05) is 23.1 Å². The number of hydrogen-bond donors (Lipinski definition) is 2. The Labute approximate surface area is 181 Å². The number of nitrogens with two attached hydrogens (primary N) is 1. The van der Waals surface area contributed by atoms with E-state index < -0.39 is 6.29 Å². The van der Waals surface area contributed by atoms with E-state index in [0.29, 0.717) is 34.3 Å². The van der Waals surface area contributed by atoms with Gasteiger partial charge in [-0.2, -0.15) is 5.10 Å². The molecule has 0 spiro atoms. The summed E-state index contributed by atoms with van der Waals surface area (Å²) < 4.78 is 37.7. The van der Waals surface area contributed by atoms with Crippen molar-refractivity contribution >= 4 is 16.9 Å². The summed E-state index contributed by atoms with van der Waals surface area (Å²) in [6.45, 7) is 0. The third-order valence-corrected chi connectivity index (χ3v) is 6.06. The predicted octanol–water partition coefficient (Wildman–Crippen LogP) is 4.90. The van der Waals surface area contributed by atoms with Crippen LogP contribution in [0.1, 0.15) is 38.1 Å². The summed E-state index contributed by atoms with van der Waals surface area (Å²) in [5.74, 6) is 0.671. The molecule has 0 unspecified atom stereocenters. The highest BCUT2D eigenvalue weighted by atomic mass is 19.3. The highest BCUT2D eigenvalue weighted by Crippen LogP contribution is 2.43. The second kappa shape index (κ2) is 6.91. The molecule has 4 heterocycles. The number of benzene rings is 1. The second-order valence-electron chi connectivity index (χ2n) is 8.23. The number of nitrogens with one attached hydrogen (secondary N) is 1. The summed E-state index contributed by atoms with van der Waals surface area (Å²) in [5.41, 5.74) is 9.53. The number of fused-ring (bicyclic) bond motifs is 2. The zero-order valence-corrected chi connectivity index (χ0v) is 17.0. The molecule has 3 N–H and O–H groups in total. The number of halogens is 2. The van der Waals surface area contributed by atoms with Crippen LogP contribution in [0.25, 0.3) is 33.5 Å². The van der Waals surface area contributed by atoms with Gasteiger partial charge in [0, 0.05) is 35.7 Å². The molecule has 0 amide bonds. The van der Waals surface area contributed by atoms with Gasteiger partial charge in [-0.3, -0.25) is 4.68 Å². The molecule has 0 saturated heterocycles.